The highest BCUT2D eigenvalue weighted by Gasteiger charge is 2.10. The normalized spacial score (nSPS) is 9.18. The van der Waals surface area contributed by atoms with E-state index >= 15 is 0 Å². The number of allylic oxidation sites excluding steroid dienone is 2. The molecular weight excluding hydrogens is 304 g/mol. The van der Waals surface area contributed by atoms with E-state index in [0.29, 0.717) is 23.0 Å². The van der Waals surface area contributed by atoms with Crippen LogP contribution in [0, 0.1) is 34.0 Å². The average Bonchev–Trinajstić information content (AvgIpc) is 3.04. The van der Waals surface area contributed by atoms with Crippen molar-refractivity contribution in [1.82, 2.24) is 10.1 Å². The summed E-state index contributed by atoms with van der Waals surface area (Å²) in [7, 11) is 0. The molecule has 0 aliphatic rings. The van der Waals surface area contributed by atoms with Crippen LogP contribution in [0.1, 0.15) is 5.89 Å². The van der Waals surface area contributed by atoms with Gasteiger partial charge in [-0.25, -0.2) is 0 Å². The van der Waals surface area contributed by atoms with Crippen molar-refractivity contribution in [3.05, 3.63) is 41.4 Å². The van der Waals surface area contributed by atoms with Gasteiger partial charge in [0, 0.05) is 11.3 Å². The molecule has 0 unspecified atom stereocenters. The van der Waals surface area contributed by atoms with E-state index in [1.165, 1.54) is 0 Å². The summed E-state index contributed by atoms with van der Waals surface area (Å²) < 4.78 is 4.92. The Bertz CT molecular complexity index is 833. The number of nitriles is 3. The quantitative estimate of drug-likeness (QED) is 0.680. The van der Waals surface area contributed by atoms with E-state index in [9.17, 15) is 0 Å². The fraction of sp³-hybridized carbons (Fsp3) is 0.0714. The summed E-state index contributed by atoms with van der Waals surface area (Å²) in [4.78, 5) is 4.09. The van der Waals surface area contributed by atoms with Crippen molar-refractivity contribution < 1.29 is 4.52 Å². The molecule has 1 aromatic carbocycles. The first kappa shape index (κ1) is 15.1. The zero-order chi connectivity index (χ0) is 15.9. The molecule has 106 valence electrons. The Balaban J connectivity index is 2.34. The molecule has 0 aliphatic heterocycles. The Hall–Kier alpha value is -3.34. The molecule has 22 heavy (non-hydrogen) atoms. The Morgan fingerprint density at radius 1 is 1.23 bits per heavy atom. The number of hydrogen-bond donors (Lipinski definition) is 1. The van der Waals surface area contributed by atoms with E-state index in [2.05, 4.69) is 15.5 Å². The Labute approximate surface area is 130 Å². The van der Waals surface area contributed by atoms with Crippen LogP contribution in [0.25, 0.3) is 11.4 Å². The van der Waals surface area contributed by atoms with Crippen molar-refractivity contribution in [1.29, 1.82) is 15.8 Å². The standard InChI is InChI=1S/C14H7ClN6O/c15-5-13-20-14(21-22-13)9-2-1-3-11(4-9)19-12(8-18)10(6-16)7-17/h1-4,19H,5H2. The number of aromatic nitrogens is 2. The van der Waals surface area contributed by atoms with Crippen LogP contribution in [0.4, 0.5) is 5.69 Å². The van der Waals surface area contributed by atoms with E-state index in [1.807, 2.05) is 0 Å². The lowest BCUT2D eigenvalue weighted by molar-refractivity contribution is 0.391. The smallest absolute Gasteiger partial charge is 0.241 e. The van der Waals surface area contributed by atoms with Crippen LogP contribution in [0.2, 0.25) is 0 Å². The predicted molar refractivity (Wildman–Crippen MR) is 76.8 cm³/mol. The summed E-state index contributed by atoms with van der Waals surface area (Å²) in [6, 6.07) is 11.9. The number of nitrogens with zero attached hydrogens (tertiary/aromatic N) is 5. The van der Waals surface area contributed by atoms with Crippen molar-refractivity contribution >= 4 is 17.3 Å². The van der Waals surface area contributed by atoms with Crippen molar-refractivity contribution in [2.45, 2.75) is 5.88 Å². The highest BCUT2D eigenvalue weighted by Crippen LogP contribution is 2.21. The van der Waals surface area contributed by atoms with Crippen LogP contribution in [-0.2, 0) is 5.88 Å². The Morgan fingerprint density at radius 2 is 2.00 bits per heavy atom. The maximum Gasteiger partial charge on any atom is 0.241 e. The number of alkyl halides is 1. The molecule has 1 heterocycles. The van der Waals surface area contributed by atoms with Gasteiger partial charge in [0.25, 0.3) is 0 Å². The molecule has 0 atom stereocenters. The third kappa shape index (κ3) is 3.21. The topological polar surface area (TPSA) is 122 Å². The highest BCUT2D eigenvalue weighted by molar-refractivity contribution is 6.16. The van der Waals surface area contributed by atoms with Gasteiger partial charge in [0.15, 0.2) is 5.57 Å². The minimum atomic E-state index is -0.295. The molecule has 0 saturated heterocycles. The zero-order valence-corrected chi connectivity index (χ0v) is 11.8. The molecule has 1 aromatic heterocycles. The van der Waals surface area contributed by atoms with Gasteiger partial charge in [-0.05, 0) is 12.1 Å². The van der Waals surface area contributed by atoms with Crippen LogP contribution >= 0.6 is 11.6 Å². The molecule has 0 aliphatic carbocycles. The summed E-state index contributed by atoms with van der Waals surface area (Å²) in [6.07, 6.45) is 0. The fourth-order valence-corrected chi connectivity index (χ4v) is 1.70. The summed E-state index contributed by atoms with van der Waals surface area (Å²) in [5, 5.41) is 33.1. The van der Waals surface area contributed by atoms with Gasteiger partial charge in [-0.2, -0.15) is 20.8 Å². The second-order valence-corrected chi connectivity index (χ2v) is 4.20. The number of nitrogens with one attached hydrogen (secondary N) is 1. The maximum absolute atomic E-state index is 9.01. The molecule has 0 radical (unpaired) electrons. The molecule has 2 rings (SSSR count). The molecule has 7 nitrogen and oxygen atoms in total. The summed E-state index contributed by atoms with van der Waals surface area (Å²) in [6.45, 7) is 0. The van der Waals surface area contributed by atoms with Crippen molar-refractivity contribution in [2.75, 3.05) is 5.32 Å². The number of rotatable bonds is 4. The molecule has 8 heteroatoms. The lowest BCUT2D eigenvalue weighted by atomic mass is 10.1. The van der Waals surface area contributed by atoms with Crippen molar-refractivity contribution in [3.8, 4) is 29.6 Å². The van der Waals surface area contributed by atoms with E-state index in [-0.39, 0.29) is 17.2 Å². The molecule has 0 spiro atoms. The predicted octanol–water partition coefficient (Wildman–Crippen LogP) is 2.71. The second kappa shape index (κ2) is 6.90. The van der Waals surface area contributed by atoms with E-state index < -0.39 is 0 Å². The van der Waals surface area contributed by atoms with Gasteiger partial charge in [-0.3, -0.25) is 0 Å². The number of benzene rings is 1. The Kier molecular flexibility index (Phi) is 4.72. The molecule has 1 N–H and O–H groups in total. The van der Waals surface area contributed by atoms with Gasteiger partial charge >= 0.3 is 0 Å². The molecular formula is C14H7ClN6O. The molecule has 0 bridgehead atoms. The molecule has 0 fully saturated rings. The number of hydrogen-bond acceptors (Lipinski definition) is 7. The summed E-state index contributed by atoms with van der Waals surface area (Å²) in [5.74, 6) is 0.756. The second-order valence-electron chi connectivity index (χ2n) is 3.94. The first-order valence-electron chi connectivity index (χ1n) is 5.92. The SMILES string of the molecule is N#CC(C#N)=C(C#N)Nc1cccc(-c2noc(CCl)n2)c1. The summed E-state index contributed by atoms with van der Waals surface area (Å²) in [5.41, 5.74) is 0.723. The van der Waals surface area contributed by atoms with Crippen LogP contribution in [0.5, 0.6) is 0 Å². The maximum atomic E-state index is 9.01. The van der Waals surface area contributed by atoms with E-state index in [1.54, 1.807) is 42.5 Å². The molecule has 0 saturated carbocycles. The lowest BCUT2D eigenvalue weighted by Gasteiger charge is -2.05. The molecule has 0 amide bonds. The van der Waals surface area contributed by atoms with Crippen LogP contribution in [0.3, 0.4) is 0 Å². The molecule has 2 aromatic rings. The number of anilines is 1. The highest BCUT2D eigenvalue weighted by atomic mass is 35.5. The van der Waals surface area contributed by atoms with Crippen LogP contribution in [0.15, 0.2) is 40.1 Å². The van der Waals surface area contributed by atoms with E-state index in [0.717, 1.165) is 0 Å². The van der Waals surface area contributed by atoms with Gasteiger partial charge in [0.1, 0.15) is 29.8 Å². The van der Waals surface area contributed by atoms with Gasteiger partial charge < -0.3 is 9.84 Å². The van der Waals surface area contributed by atoms with E-state index in [4.69, 9.17) is 31.9 Å². The Morgan fingerprint density at radius 3 is 2.59 bits per heavy atom. The van der Waals surface area contributed by atoms with Gasteiger partial charge in [-0.15, -0.1) is 11.6 Å². The monoisotopic (exact) mass is 310 g/mol. The van der Waals surface area contributed by atoms with Gasteiger partial charge in [0.2, 0.25) is 11.7 Å². The largest absolute Gasteiger partial charge is 0.345 e. The summed E-state index contributed by atoms with van der Waals surface area (Å²) >= 11 is 5.60. The van der Waals surface area contributed by atoms with Crippen LogP contribution < -0.4 is 5.32 Å². The number of halogens is 1. The average molecular weight is 311 g/mol. The third-order valence-electron chi connectivity index (χ3n) is 2.56. The van der Waals surface area contributed by atoms with Crippen molar-refractivity contribution in [3.63, 3.8) is 0 Å². The first-order chi connectivity index (χ1) is 10.7. The zero-order valence-electron chi connectivity index (χ0n) is 11.0. The fourth-order valence-electron chi connectivity index (χ4n) is 1.59. The van der Waals surface area contributed by atoms with Crippen LogP contribution in [-0.4, -0.2) is 10.1 Å². The minimum Gasteiger partial charge on any atom is -0.345 e. The van der Waals surface area contributed by atoms with Crippen molar-refractivity contribution in [2.24, 2.45) is 0 Å². The minimum absolute atomic E-state index is 0.111. The third-order valence-corrected chi connectivity index (χ3v) is 2.79. The first-order valence-corrected chi connectivity index (χ1v) is 6.46. The van der Waals surface area contributed by atoms with Gasteiger partial charge in [0.05, 0.1) is 0 Å². The van der Waals surface area contributed by atoms with Gasteiger partial charge in [-0.1, -0.05) is 17.3 Å². The lowest BCUT2D eigenvalue weighted by Crippen LogP contribution is -2.00.